The Bertz CT molecular complexity index is 225. The molecule has 2 fully saturated rings. The molecule has 2 atom stereocenters. The molecule has 1 aliphatic heterocycles. The number of aliphatic carboxylic acids is 1. The highest BCUT2D eigenvalue weighted by atomic mass is 16.4. The van der Waals surface area contributed by atoms with E-state index in [9.17, 15) is 9.59 Å². The van der Waals surface area contributed by atoms with Crippen molar-refractivity contribution in [1.29, 1.82) is 0 Å². The van der Waals surface area contributed by atoms with E-state index in [1.54, 1.807) is 0 Å². The molecule has 0 aromatic heterocycles. The highest BCUT2D eigenvalue weighted by Gasteiger charge is 2.66. The van der Waals surface area contributed by atoms with Crippen LogP contribution in [0.25, 0.3) is 0 Å². The quantitative estimate of drug-likeness (QED) is 0.510. The molecular weight excluding hydrogens is 134 g/mol. The lowest BCUT2D eigenvalue weighted by atomic mass is 10.2. The molecule has 0 spiro atoms. The maximum atomic E-state index is 10.6. The number of rotatable bonds is 1. The van der Waals surface area contributed by atoms with Crippen LogP contribution in [0, 0.1) is 5.92 Å². The molecule has 4 nitrogen and oxygen atoms in total. The average molecular weight is 141 g/mol. The van der Waals surface area contributed by atoms with E-state index in [1.165, 1.54) is 0 Å². The second-order valence-electron chi connectivity index (χ2n) is 2.93. The van der Waals surface area contributed by atoms with Gasteiger partial charge in [0.15, 0.2) is 0 Å². The molecule has 1 aliphatic carbocycles. The molecule has 2 N–H and O–H groups in total. The summed E-state index contributed by atoms with van der Waals surface area (Å²) in [6.07, 6.45) is 1.01. The molecule has 0 aromatic rings. The number of fused-ring (bicyclic) bond motifs is 1. The smallest absolute Gasteiger partial charge is 0.329 e. The Morgan fingerprint density at radius 2 is 2.50 bits per heavy atom. The molecule has 2 unspecified atom stereocenters. The zero-order valence-electron chi connectivity index (χ0n) is 5.26. The molecule has 1 saturated heterocycles. The molecule has 1 amide bonds. The molecule has 0 radical (unpaired) electrons. The monoisotopic (exact) mass is 141 g/mol. The molecule has 0 bridgehead atoms. The molecule has 4 heteroatoms. The van der Waals surface area contributed by atoms with E-state index in [-0.39, 0.29) is 11.8 Å². The Hall–Kier alpha value is -1.06. The van der Waals surface area contributed by atoms with Gasteiger partial charge in [0.1, 0.15) is 5.54 Å². The standard InChI is InChI=1S/C6H7NO3/c8-4-1-3-2-6(3,7-4)5(9)10/h3H,1-2H2,(H,7,8)(H,9,10). The zero-order chi connectivity index (χ0) is 7.35. The molecule has 2 rings (SSSR count). The van der Waals surface area contributed by atoms with Gasteiger partial charge in [-0.05, 0) is 6.42 Å². The van der Waals surface area contributed by atoms with E-state index in [0.29, 0.717) is 12.8 Å². The van der Waals surface area contributed by atoms with Crippen molar-refractivity contribution in [3.05, 3.63) is 0 Å². The molecule has 10 heavy (non-hydrogen) atoms. The molecule has 1 heterocycles. The number of hydrogen-bond acceptors (Lipinski definition) is 2. The summed E-state index contributed by atoms with van der Waals surface area (Å²) in [7, 11) is 0. The fourth-order valence-corrected chi connectivity index (χ4v) is 1.57. The van der Waals surface area contributed by atoms with Crippen LogP contribution in [0.2, 0.25) is 0 Å². The van der Waals surface area contributed by atoms with E-state index in [0.717, 1.165) is 0 Å². The van der Waals surface area contributed by atoms with Crippen LogP contribution in [0.1, 0.15) is 12.8 Å². The number of amides is 1. The summed E-state index contributed by atoms with van der Waals surface area (Å²) in [6.45, 7) is 0. The third-order valence-corrected chi connectivity index (χ3v) is 2.28. The summed E-state index contributed by atoms with van der Waals surface area (Å²) in [5, 5.41) is 11.1. The summed E-state index contributed by atoms with van der Waals surface area (Å²) < 4.78 is 0. The van der Waals surface area contributed by atoms with Crippen molar-refractivity contribution in [2.75, 3.05) is 0 Å². The number of carbonyl (C=O) groups excluding carboxylic acids is 1. The average Bonchev–Trinajstić information content (AvgIpc) is 2.37. The number of hydrogen-bond donors (Lipinski definition) is 2. The van der Waals surface area contributed by atoms with Crippen LogP contribution in [-0.2, 0) is 9.59 Å². The van der Waals surface area contributed by atoms with Crippen molar-refractivity contribution in [3.8, 4) is 0 Å². The summed E-state index contributed by atoms with van der Waals surface area (Å²) >= 11 is 0. The number of carboxylic acid groups (broad SMARTS) is 1. The van der Waals surface area contributed by atoms with Crippen LogP contribution >= 0.6 is 0 Å². The predicted octanol–water partition coefficient (Wildman–Crippen LogP) is -0.650. The summed E-state index contributed by atoms with van der Waals surface area (Å²) in [4.78, 5) is 21.1. The van der Waals surface area contributed by atoms with Gasteiger partial charge < -0.3 is 10.4 Å². The van der Waals surface area contributed by atoms with Crippen molar-refractivity contribution < 1.29 is 14.7 Å². The summed E-state index contributed by atoms with van der Waals surface area (Å²) in [5.74, 6) is -0.945. The van der Waals surface area contributed by atoms with Gasteiger partial charge in [-0.25, -0.2) is 4.79 Å². The first-order valence-corrected chi connectivity index (χ1v) is 3.19. The second-order valence-corrected chi connectivity index (χ2v) is 2.93. The van der Waals surface area contributed by atoms with Crippen LogP contribution in [-0.4, -0.2) is 22.5 Å². The Balaban J connectivity index is 2.23. The van der Waals surface area contributed by atoms with Crippen LogP contribution in [0.5, 0.6) is 0 Å². The fraction of sp³-hybridized carbons (Fsp3) is 0.667. The molecule has 1 saturated carbocycles. The maximum Gasteiger partial charge on any atom is 0.329 e. The Morgan fingerprint density at radius 1 is 1.80 bits per heavy atom. The predicted molar refractivity (Wildman–Crippen MR) is 31.2 cm³/mol. The highest BCUT2D eigenvalue weighted by Crippen LogP contribution is 2.50. The van der Waals surface area contributed by atoms with E-state index < -0.39 is 11.5 Å². The maximum absolute atomic E-state index is 10.6. The van der Waals surface area contributed by atoms with Crippen LogP contribution in [0.3, 0.4) is 0 Å². The number of piperidine rings is 1. The SMILES string of the molecule is O=C1CC2CC2(C(=O)O)N1. The van der Waals surface area contributed by atoms with Gasteiger partial charge in [0.2, 0.25) is 5.91 Å². The van der Waals surface area contributed by atoms with Gasteiger partial charge in [-0.2, -0.15) is 0 Å². The van der Waals surface area contributed by atoms with Gasteiger partial charge >= 0.3 is 5.97 Å². The van der Waals surface area contributed by atoms with Gasteiger partial charge in [0.25, 0.3) is 0 Å². The van der Waals surface area contributed by atoms with E-state index in [1.807, 2.05) is 0 Å². The van der Waals surface area contributed by atoms with Crippen molar-refractivity contribution in [2.45, 2.75) is 18.4 Å². The number of nitrogens with one attached hydrogen (secondary N) is 1. The lowest BCUT2D eigenvalue weighted by Gasteiger charge is -2.04. The van der Waals surface area contributed by atoms with Crippen LogP contribution < -0.4 is 5.32 Å². The van der Waals surface area contributed by atoms with Crippen molar-refractivity contribution >= 4 is 11.9 Å². The Morgan fingerprint density at radius 3 is 2.80 bits per heavy atom. The van der Waals surface area contributed by atoms with Crippen molar-refractivity contribution in [2.24, 2.45) is 5.92 Å². The normalized spacial score (nSPS) is 42.4. The molecule has 0 aromatic carbocycles. The van der Waals surface area contributed by atoms with Gasteiger partial charge in [0, 0.05) is 12.3 Å². The molecule has 2 aliphatic rings. The van der Waals surface area contributed by atoms with Gasteiger partial charge in [-0.1, -0.05) is 0 Å². The second kappa shape index (κ2) is 1.33. The minimum atomic E-state index is -0.886. The minimum Gasteiger partial charge on any atom is -0.479 e. The lowest BCUT2D eigenvalue weighted by molar-refractivity contribution is -0.142. The summed E-state index contributed by atoms with van der Waals surface area (Å²) in [6, 6.07) is 0. The number of carbonyl (C=O) groups is 2. The Labute approximate surface area is 57.2 Å². The Kier molecular flexibility index (Phi) is 0.760. The zero-order valence-corrected chi connectivity index (χ0v) is 5.26. The minimum absolute atomic E-state index is 0.0671. The van der Waals surface area contributed by atoms with Crippen molar-refractivity contribution in [3.63, 3.8) is 0 Å². The first-order valence-electron chi connectivity index (χ1n) is 3.19. The molecular formula is C6H7NO3. The summed E-state index contributed by atoms with van der Waals surface area (Å²) in [5.41, 5.74) is -0.850. The first-order chi connectivity index (χ1) is 4.65. The molecule has 54 valence electrons. The third-order valence-electron chi connectivity index (χ3n) is 2.28. The number of carboxylic acids is 1. The van der Waals surface area contributed by atoms with Gasteiger partial charge in [-0.3, -0.25) is 4.79 Å². The van der Waals surface area contributed by atoms with Gasteiger partial charge in [-0.15, -0.1) is 0 Å². The van der Waals surface area contributed by atoms with Gasteiger partial charge in [0.05, 0.1) is 0 Å². The van der Waals surface area contributed by atoms with E-state index in [4.69, 9.17) is 5.11 Å². The van der Waals surface area contributed by atoms with E-state index >= 15 is 0 Å². The first kappa shape index (κ1) is 5.70. The largest absolute Gasteiger partial charge is 0.479 e. The topological polar surface area (TPSA) is 66.4 Å². The van der Waals surface area contributed by atoms with Crippen LogP contribution in [0.15, 0.2) is 0 Å². The van der Waals surface area contributed by atoms with Crippen molar-refractivity contribution in [1.82, 2.24) is 5.32 Å². The van der Waals surface area contributed by atoms with Crippen LogP contribution in [0.4, 0.5) is 0 Å². The van der Waals surface area contributed by atoms with E-state index in [2.05, 4.69) is 5.32 Å². The fourth-order valence-electron chi connectivity index (χ4n) is 1.57. The lowest BCUT2D eigenvalue weighted by Crippen LogP contribution is -2.39. The third kappa shape index (κ3) is 0.465. The highest BCUT2D eigenvalue weighted by molar-refractivity contribution is 5.95.